The van der Waals surface area contributed by atoms with E-state index in [1.807, 2.05) is 6.26 Å². The largest absolute Gasteiger partial charge is 0.356 e. The maximum atomic E-state index is 11.7. The molecular weight excluding hydrogens is 389 g/mol. The molecule has 0 bridgehead atoms. The van der Waals surface area contributed by atoms with E-state index in [0.29, 0.717) is 31.7 Å². The number of Topliss-reactive ketones (excluding diaryl/α,β-unsaturated/α-hetero) is 1. The van der Waals surface area contributed by atoms with Gasteiger partial charge in [-0.15, -0.1) is 0 Å². The van der Waals surface area contributed by atoms with Crippen molar-refractivity contribution in [2.75, 3.05) is 31.8 Å². The number of unbranched alkanes of at least 4 members (excludes halogenated alkanes) is 6. The van der Waals surface area contributed by atoms with Crippen molar-refractivity contribution in [3.8, 4) is 0 Å². The van der Waals surface area contributed by atoms with E-state index in [2.05, 4.69) is 5.32 Å². The zero-order chi connectivity index (χ0) is 19.7. The fourth-order valence-electron chi connectivity index (χ4n) is 2.43. The van der Waals surface area contributed by atoms with Crippen molar-refractivity contribution in [1.82, 2.24) is 5.32 Å². The Morgan fingerprint density at radius 3 is 2.27 bits per heavy atom. The van der Waals surface area contributed by atoms with Gasteiger partial charge in [0.2, 0.25) is 5.91 Å². The van der Waals surface area contributed by atoms with Crippen molar-refractivity contribution in [2.45, 2.75) is 70.6 Å². The minimum Gasteiger partial charge on any atom is -0.356 e. The number of thioether (sulfide) groups is 1. The SMILES string of the molecule is CSCCC(=O)CCCCCCC(=O)NCCCCCCOP(C)(O)=S. The lowest BCUT2D eigenvalue weighted by molar-refractivity contribution is -0.121. The van der Waals surface area contributed by atoms with Crippen molar-refractivity contribution in [3.05, 3.63) is 0 Å². The molecule has 26 heavy (non-hydrogen) atoms. The van der Waals surface area contributed by atoms with Crippen molar-refractivity contribution >= 4 is 41.8 Å². The Hall–Kier alpha value is 0.0600. The van der Waals surface area contributed by atoms with Gasteiger partial charge in [0.25, 0.3) is 0 Å². The summed E-state index contributed by atoms with van der Waals surface area (Å²) in [5.74, 6) is 1.40. The lowest BCUT2D eigenvalue weighted by Crippen LogP contribution is -2.23. The number of nitrogens with one attached hydrogen (secondary N) is 1. The van der Waals surface area contributed by atoms with Crippen LogP contribution < -0.4 is 5.32 Å². The first-order valence-electron chi connectivity index (χ1n) is 9.57. The summed E-state index contributed by atoms with van der Waals surface area (Å²) < 4.78 is 5.17. The maximum absolute atomic E-state index is 11.7. The highest BCUT2D eigenvalue weighted by molar-refractivity contribution is 8.09. The van der Waals surface area contributed by atoms with Crippen LogP contribution in [0.4, 0.5) is 0 Å². The number of rotatable bonds is 18. The smallest absolute Gasteiger partial charge is 0.219 e. The van der Waals surface area contributed by atoms with Crippen molar-refractivity contribution in [3.63, 3.8) is 0 Å². The Labute approximate surface area is 168 Å². The zero-order valence-corrected chi connectivity index (χ0v) is 18.9. The Morgan fingerprint density at radius 1 is 1.00 bits per heavy atom. The van der Waals surface area contributed by atoms with E-state index in [4.69, 9.17) is 16.3 Å². The normalized spacial score (nSPS) is 13.3. The van der Waals surface area contributed by atoms with Crippen LogP contribution in [0.25, 0.3) is 0 Å². The van der Waals surface area contributed by atoms with Crippen molar-refractivity contribution in [2.24, 2.45) is 0 Å². The second-order valence-corrected chi connectivity index (χ2v) is 11.5. The molecule has 1 atom stereocenters. The van der Waals surface area contributed by atoms with Gasteiger partial charge < -0.3 is 14.7 Å². The summed E-state index contributed by atoms with van der Waals surface area (Å²) in [6, 6.07) is 0. The highest BCUT2D eigenvalue weighted by Crippen LogP contribution is 2.37. The van der Waals surface area contributed by atoms with E-state index in [1.165, 1.54) is 0 Å². The first-order valence-corrected chi connectivity index (χ1v) is 14.1. The summed E-state index contributed by atoms with van der Waals surface area (Å²) in [6.07, 6.45) is 11.7. The molecule has 1 unspecified atom stereocenters. The first kappa shape index (κ1) is 26.1. The molecule has 0 aromatic heterocycles. The predicted molar refractivity (Wildman–Crippen MR) is 116 cm³/mol. The fraction of sp³-hybridized carbons (Fsp3) is 0.889. The van der Waals surface area contributed by atoms with Crippen LogP contribution in [0.2, 0.25) is 0 Å². The number of ketones is 1. The van der Waals surface area contributed by atoms with Gasteiger partial charge in [0.05, 0.1) is 6.61 Å². The fourth-order valence-corrected chi connectivity index (χ4v) is 3.56. The van der Waals surface area contributed by atoms with Gasteiger partial charge in [-0.1, -0.05) is 25.7 Å². The van der Waals surface area contributed by atoms with E-state index in [0.717, 1.165) is 63.7 Å². The predicted octanol–water partition coefficient (Wildman–Crippen LogP) is 4.27. The molecule has 154 valence electrons. The van der Waals surface area contributed by atoms with Gasteiger partial charge in [-0.2, -0.15) is 11.8 Å². The van der Waals surface area contributed by atoms with Gasteiger partial charge in [0.1, 0.15) is 5.78 Å². The third kappa shape index (κ3) is 20.4. The quantitative estimate of drug-likeness (QED) is 0.252. The molecule has 0 aliphatic carbocycles. The van der Waals surface area contributed by atoms with Crippen LogP contribution in [-0.4, -0.2) is 48.4 Å². The summed E-state index contributed by atoms with van der Waals surface area (Å²) in [5.41, 5.74) is 0. The summed E-state index contributed by atoms with van der Waals surface area (Å²) in [7, 11) is 0. The molecule has 8 heteroatoms. The van der Waals surface area contributed by atoms with Crippen LogP contribution in [0, 0.1) is 0 Å². The van der Waals surface area contributed by atoms with Gasteiger partial charge in [0.15, 0.2) is 6.49 Å². The lowest BCUT2D eigenvalue weighted by atomic mass is 10.1. The van der Waals surface area contributed by atoms with Crippen molar-refractivity contribution < 1.29 is 19.0 Å². The number of carbonyl (C=O) groups excluding carboxylic acids is 2. The van der Waals surface area contributed by atoms with E-state index in [1.54, 1.807) is 18.4 Å². The molecular formula is C18H36NO4PS2. The molecule has 0 aromatic carbocycles. The molecule has 2 N–H and O–H groups in total. The Morgan fingerprint density at radius 2 is 1.62 bits per heavy atom. The second-order valence-electron chi connectivity index (χ2n) is 6.60. The number of hydrogen-bond donors (Lipinski definition) is 2. The van der Waals surface area contributed by atoms with Gasteiger partial charge in [-0.3, -0.25) is 9.59 Å². The zero-order valence-electron chi connectivity index (χ0n) is 16.3. The van der Waals surface area contributed by atoms with Crippen molar-refractivity contribution in [1.29, 1.82) is 0 Å². The van der Waals surface area contributed by atoms with E-state index in [-0.39, 0.29) is 5.91 Å². The first-order chi connectivity index (χ1) is 12.3. The van der Waals surface area contributed by atoms with Crippen LogP contribution in [-0.2, 0) is 25.9 Å². The van der Waals surface area contributed by atoms with Crippen LogP contribution >= 0.6 is 18.3 Å². The molecule has 0 aliphatic heterocycles. The summed E-state index contributed by atoms with van der Waals surface area (Å²) >= 11 is 6.51. The number of amides is 1. The minimum absolute atomic E-state index is 0.122. The van der Waals surface area contributed by atoms with E-state index < -0.39 is 6.49 Å². The molecule has 0 aliphatic rings. The number of hydrogen-bond acceptors (Lipinski definition) is 5. The molecule has 1 amide bonds. The van der Waals surface area contributed by atoms with Crippen LogP contribution in [0.1, 0.15) is 70.6 Å². The molecule has 0 radical (unpaired) electrons. The summed E-state index contributed by atoms with van der Waals surface area (Å²) in [4.78, 5) is 32.6. The molecule has 5 nitrogen and oxygen atoms in total. The molecule has 0 aromatic rings. The third-order valence-electron chi connectivity index (χ3n) is 3.92. The lowest BCUT2D eigenvalue weighted by Gasteiger charge is -2.09. The second kappa shape index (κ2) is 17.2. The average molecular weight is 426 g/mol. The number of carbonyl (C=O) groups is 2. The molecule has 0 fully saturated rings. The minimum atomic E-state index is -2.51. The standard InChI is InChI=1S/C18H36NO4PS2/c1-24(22,25)23-15-10-6-5-9-14-19-18(21)12-8-4-3-7-11-17(20)13-16-26-2/h3-16H2,1-2H3,(H,19,21)(H,22,25). The van der Waals surface area contributed by atoms with Crippen LogP contribution in [0.3, 0.4) is 0 Å². The molecule has 0 heterocycles. The highest BCUT2D eigenvalue weighted by Gasteiger charge is 2.04. The van der Waals surface area contributed by atoms with E-state index >= 15 is 0 Å². The third-order valence-corrected chi connectivity index (χ3v) is 5.51. The molecule has 0 saturated heterocycles. The van der Waals surface area contributed by atoms with Gasteiger partial charge in [-0.05, 0) is 49.5 Å². The Bertz CT molecular complexity index is 429. The van der Waals surface area contributed by atoms with Gasteiger partial charge >= 0.3 is 0 Å². The highest BCUT2D eigenvalue weighted by atomic mass is 32.5. The van der Waals surface area contributed by atoms with E-state index in [9.17, 15) is 14.5 Å². The Kier molecular flexibility index (Phi) is 17.2. The van der Waals surface area contributed by atoms with Gasteiger partial charge in [0, 0.05) is 32.5 Å². The molecule has 0 rings (SSSR count). The molecule has 0 saturated carbocycles. The van der Waals surface area contributed by atoms with Gasteiger partial charge in [-0.25, -0.2) is 0 Å². The summed E-state index contributed by atoms with van der Waals surface area (Å²) in [6.45, 7) is 0.282. The maximum Gasteiger partial charge on any atom is 0.219 e. The summed E-state index contributed by atoms with van der Waals surface area (Å²) in [5, 5.41) is 2.95. The van der Waals surface area contributed by atoms with Crippen LogP contribution in [0.15, 0.2) is 0 Å². The average Bonchev–Trinajstić information content (AvgIpc) is 2.57. The molecule has 0 spiro atoms. The topological polar surface area (TPSA) is 75.6 Å². The Balaban J connectivity index is 3.32. The monoisotopic (exact) mass is 425 g/mol. The van der Waals surface area contributed by atoms with Crippen LogP contribution in [0.5, 0.6) is 0 Å².